The maximum atomic E-state index is 13.1. The van der Waals surface area contributed by atoms with Crippen LogP contribution in [-0.2, 0) is 4.79 Å². The van der Waals surface area contributed by atoms with Crippen molar-refractivity contribution >= 4 is 39.2 Å². The summed E-state index contributed by atoms with van der Waals surface area (Å²) in [6.07, 6.45) is 1.99. The van der Waals surface area contributed by atoms with Gasteiger partial charge in [0.15, 0.2) is 0 Å². The fraction of sp³-hybridized carbons (Fsp3) is 0.375. The lowest BCUT2D eigenvalue weighted by Crippen LogP contribution is -2.45. The number of para-hydroxylation sites is 1. The minimum atomic E-state index is -0.476. The summed E-state index contributed by atoms with van der Waals surface area (Å²) >= 11 is 1.78. The fourth-order valence-corrected chi connectivity index (χ4v) is 5.62. The molecule has 3 aromatic rings. The number of urea groups is 1. The van der Waals surface area contributed by atoms with E-state index in [4.69, 9.17) is 4.98 Å². The topological polar surface area (TPSA) is 56.8 Å². The Morgan fingerprint density at radius 1 is 1.03 bits per heavy atom. The van der Waals surface area contributed by atoms with E-state index in [2.05, 4.69) is 23.1 Å². The monoisotopic (exact) mass is 434 g/mol. The number of piperidine rings is 1. The number of carbonyl (C=O) groups excluding carboxylic acids is 2. The lowest BCUT2D eigenvalue weighted by molar-refractivity contribution is -0.128. The Kier molecular flexibility index (Phi) is 5.24. The molecule has 31 heavy (non-hydrogen) atoms. The Hall–Kier alpha value is -2.77. The van der Waals surface area contributed by atoms with Crippen molar-refractivity contribution in [2.45, 2.75) is 38.6 Å². The summed E-state index contributed by atoms with van der Waals surface area (Å²) < 4.78 is 1.23. The van der Waals surface area contributed by atoms with Gasteiger partial charge in [0.05, 0.1) is 21.9 Å². The van der Waals surface area contributed by atoms with E-state index in [-0.39, 0.29) is 11.9 Å². The molecule has 0 N–H and O–H groups in total. The highest BCUT2D eigenvalue weighted by atomic mass is 32.1. The van der Waals surface area contributed by atoms with Crippen LogP contribution in [0.3, 0.4) is 0 Å². The summed E-state index contributed by atoms with van der Waals surface area (Å²) in [4.78, 5) is 36.0. The Bertz CT molecular complexity index is 1090. The van der Waals surface area contributed by atoms with Crippen LogP contribution in [0.25, 0.3) is 10.2 Å². The van der Waals surface area contributed by atoms with Crippen LogP contribution in [0.2, 0.25) is 0 Å². The molecule has 160 valence electrons. The minimum Gasteiger partial charge on any atom is -0.285 e. The van der Waals surface area contributed by atoms with Crippen LogP contribution < -0.4 is 4.90 Å². The smallest absolute Gasteiger partial charge is 0.285 e. The highest BCUT2D eigenvalue weighted by molar-refractivity contribution is 7.18. The lowest BCUT2D eigenvalue weighted by Gasteiger charge is -2.33. The zero-order chi connectivity index (χ0) is 21.5. The average Bonchev–Trinajstić information content (AvgIpc) is 3.30. The van der Waals surface area contributed by atoms with Crippen molar-refractivity contribution < 1.29 is 9.59 Å². The second kappa shape index (κ2) is 8.05. The molecule has 6 nitrogen and oxygen atoms in total. The van der Waals surface area contributed by atoms with Crippen molar-refractivity contribution in [2.24, 2.45) is 0 Å². The van der Waals surface area contributed by atoms with Gasteiger partial charge in [0.25, 0.3) is 5.91 Å². The van der Waals surface area contributed by atoms with Crippen LogP contribution >= 0.6 is 11.3 Å². The molecule has 3 heterocycles. The van der Waals surface area contributed by atoms with E-state index in [0.717, 1.165) is 42.7 Å². The number of imide groups is 1. The summed E-state index contributed by atoms with van der Waals surface area (Å²) in [5, 5.41) is 1.20. The average molecular weight is 435 g/mol. The van der Waals surface area contributed by atoms with Gasteiger partial charge in [-0.05, 0) is 51.0 Å². The Balaban J connectivity index is 1.24. The van der Waals surface area contributed by atoms with Crippen molar-refractivity contribution in [2.75, 3.05) is 24.7 Å². The number of carbonyl (C=O) groups is 2. The van der Waals surface area contributed by atoms with Crippen molar-refractivity contribution in [3.05, 3.63) is 59.1 Å². The number of fused-ring (bicyclic) bond motifs is 1. The molecule has 1 unspecified atom stereocenters. The van der Waals surface area contributed by atoms with Gasteiger partial charge in [-0.1, -0.05) is 29.8 Å². The molecule has 2 aromatic carbocycles. The molecule has 0 aliphatic carbocycles. The second-order valence-corrected chi connectivity index (χ2v) is 9.55. The van der Waals surface area contributed by atoms with E-state index in [1.165, 1.54) is 14.6 Å². The van der Waals surface area contributed by atoms with Crippen molar-refractivity contribution in [1.29, 1.82) is 0 Å². The predicted molar refractivity (Wildman–Crippen MR) is 123 cm³/mol. The Morgan fingerprint density at radius 3 is 2.45 bits per heavy atom. The van der Waals surface area contributed by atoms with E-state index in [0.29, 0.717) is 12.6 Å². The zero-order valence-corrected chi connectivity index (χ0v) is 18.6. The van der Waals surface area contributed by atoms with Crippen molar-refractivity contribution in [3.8, 4) is 0 Å². The molecule has 3 amide bonds. The first-order chi connectivity index (χ1) is 15.0. The summed E-state index contributed by atoms with van der Waals surface area (Å²) in [5.74, 6) is 0.320. The predicted octanol–water partition coefficient (Wildman–Crippen LogP) is 4.60. The minimum absolute atomic E-state index is 0.126. The van der Waals surface area contributed by atoms with Crippen LogP contribution in [0.1, 0.15) is 36.3 Å². The van der Waals surface area contributed by atoms with Gasteiger partial charge in [-0.3, -0.25) is 14.6 Å². The second-order valence-electron chi connectivity index (χ2n) is 8.48. The molecule has 0 bridgehead atoms. The van der Waals surface area contributed by atoms with Gasteiger partial charge in [0, 0.05) is 24.7 Å². The van der Waals surface area contributed by atoms with Crippen LogP contribution in [0, 0.1) is 6.92 Å². The number of hydrogen-bond donors (Lipinski definition) is 0. The van der Waals surface area contributed by atoms with Gasteiger partial charge in [0.1, 0.15) is 6.04 Å². The molecule has 5 rings (SSSR count). The van der Waals surface area contributed by atoms with E-state index in [1.807, 2.05) is 37.3 Å². The summed E-state index contributed by atoms with van der Waals surface area (Å²) in [6, 6.07) is 15.3. The normalized spacial score (nSPS) is 20.9. The summed E-state index contributed by atoms with van der Waals surface area (Å²) in [7, 11) is 0. The van der Waals surface area contributed by atoms with E-state index >= 15 is 0 Å². The number of amides is 3. The van der Waals surface area contributed by atoms with E-state index in [1.54, 1.807) is 23.2 Å². The van der Waals surface area contributed by atoms with Crippen molar-refractivity contribution in [1.82, 2.24) is 14.8 Å². The summed E-state index contributed by atoms with van der Waals surface area (Å²) in [5.41, 5.74) is 2.97. The fourth-order valence-electron chi connectivity index (χ4n) is 4.48. The molecular formula is C24H26N4O2S. The SMILES string of the molecule is Cc1ccc(N2C(=O)N(CN3CCC(c4nc5ccccc5s4)CC3)C(=O)C2C)cc1. The number of likely N-dealkylation sites (tertiary alicyclic amines) is 1. The van der Waals surface area contributed by atoms with Gasteiger partial charge in [-0.15, -0.1) is 11.3 Å². The first-order valence-electron chi connectivity index (χ1n) is 10.8. The Labute approximate surface area is 186 Å². The molecule has 0 spiro atoms. The van der Waals surface area contributed by atoms with Gasteiger partial charge in [-0.2, -0.15) is 0 Å². The largest absolute Gasteiger partial charge is 0.333 e. The van der Waals surface area contributed by atoms with Gasteiger partial charge >= 0.3 is 6.03 Å². The van der Waals surface area contributed by atoms with Gasteiger partial charge in [-0.25, -0.2) is 14.7 Å². The number of thiazole rings is 1. The number of benzene rings is 2. The number of aromatic nitrogens is 1. The van der Waals surface area contributed by atoms with E-state index < -0.39 is 6.04 Å². The third kappa shape index (κ3) is 3.72. The van der Waals surface area contributed by atoms with Crippen LogP contribution in [0.5, 0.6) is 0 Å². The molecular weight excluding hydrogens is 408 g/mol. The first kappa shape index (κ1) is 20.2. The third-order valence-electron chi connectivity index (χ3n) is 6.35. The third-order valence-corrected chi connectivity index (χ3v) is 7.55. The molecule has 2 fully saturated rings. The van der Waals surface area contributed by atoms with Crippen LogP contribution in [0.15, 0.2) is 48.5 Å². The first-order valence-corrected chi connectivity index (χ1v) is 11.6. The number of aryl methyl sites for hydroxylation is 1. The number of anilines is 1. The molecule has 7 heteroatoms. The van der Waals surface area contributed by atoms with Gasteiger partial charge < -0.3 is 0 Å². The molecule has 2 aliphatic heterocycles. The van der Waals surface area contributed by atoms with Crippen molar-refractivity contribution in [3.63, 3.8) is 0 Å². The molecule has 1 aromatic heterocycles. The zero-order valence-electron chi connectivity index (χ0n) is 17.8. The summed E-state index contributed by atoms with van der Waals surface area (Å²) in [6.45, 7) is 5.89. The quantitative estimate of drug-likeness (QED) is 0.563. The maximum absolute atomic E-state index is 13.1. The van der Waals surface area contributed by atoms with Gasteiger partial charge in [0.2, 0.25) is 0 Å². The molecule has 2 aliphatic rings. The number of hydrogen-bond acceptors (Lipinski definition) is 5. The molecule has 1 atom stereocenters. The standard InChI is InChI=1S/C24H26N4O2S/c1-16-7-9-19(10-8-16)28-17(2)23(29)27(24(28)30)15-26-13-11-18(12-14-26)22-25-20-5-3-4-6-21(20)31-22/h3-10,17-18H,11-15H2,1-2H3. The lowest BCUT2D eigenvalue weighted by atomic mass is 9.98. The molecule has 0 radical (unpaired) electrons. The highest BCUT2D eigenvalue weighted by Crippen LogP contribution is 2.34. The van der Waals surface area contributed by atoms with Crippen LogP contribution in [-0.4, -0.2) is 52.5 Å². The highest BCUT2D eigenvalue weighted by Gasteiger charge is 2.44. The molecule has 2 saturated heterocycles. The van der Waals surface area contributed by atoms with Crippen LogP contribution in [0.4, 0.5) is 10.5 Å². The number of nitrogens with zero attached hydrogens (tertiary/aromatic N) is 4. The number of rotatable bonds is 4. The molecule has 0 saturated carbocycles. The van der Waals surface area contributed by atoms with E-state index in [9.17, 15) is 9.59 Å². The Morgan fingerprint density at radius 2 is 1.74 bits per heavy atom. The maximum Gasteiger partial charge on any atom is 0.333 e.